The van der Waals surface area contributed by atoms with Crippen LogP contribution in [0.15, 0.2) is 82.0 Å². The molecule has 0 saturated heterocycles. The number of allylic oxidation sites excluding steroid dienone is 4. The first kappa shape index (κ1) is 33.1. The van der Waals surface area contributed by atoms with Gasteiger partial charge in [-0.2, -0.15) is 15.4 Å². The summed E-state index contributed by atoms with van der Waals surface area (Å²) in [4.78, 5) is 6.51. The first-order chi connectivity index (χ1) is 16.3. The Hall–Kier alpha value is -3.11. The molecule has 0 saturated carbocycles. The van der Waals surface area contributed by atoms with E-state index in [4.69, 9.17) is 5.41 Å². The fourth-order valence-corrected chi connectivity index (χ4v) is 2.99. The standard InChI is InChI=1S/C22H29N5S.C3H7N.C2H6/c1-8-10-14-26(16-18(5)13-11-12-17(3)4)22-20(15-23)21(28-7)25-19(6)27(22)24-9-2;1-2-3-4;1-2/h8-13H,5-6,14,16H2,1-4,7H3;3-4H,2H2,1H3;1-2H3/b10-8+,13-11-,24-9-;;. The molecule has 0 amide bonds. The fourth-order valence-electron chi connectivity index (χ4n) is 2.45. The Morgan fingerprint density at radius 2 is 1.94 bits per heavy atom. The molecule has 0 radical (unpaired) electrons. The zero-order valence-electron chi connectivity index (χ0n) is 22.2. The van der Waals surface area contributed by atoms with Crippen molar-refractivity contribution in [2.45, 2.75) is 54.9 Å². The molecule has 1 rings (SSSR count). The molecule has 6 nitrogen and oxygen atoms in total. The van der Waals surface area contributed by atoms with Gasteiger partial charge in [0.1, 0.15) is 22.5 Å². The molecule has 34 heavy (non-hydrogen) atoms. The van der Waals surface area contributed by atoms with E-state index in [1.807, 2.05) is 85.1 Å². The topological polar surface area (TPSA) is 78.8 Å². The Morgan fingerprint density at radius 3 is 2.38 bits per heavy atom. The van der Waals surface area contributed by atoms with Crippen molar-refractivity contribution in [1.29, 1.82) is 10.7 Å². The van der Waals surface area contributed by atoms with Gasteiger partial charge in [-0.15, -0.1) is 11.8 Å². The average Bonchev–Trinajstić information content (AvgIpc) is 2.83. The summed E-state index contributed by atoms with van der Waals surface area (Å²) >= 11 is 1.42. The van der Waals surface area contributed by atoms with Crippen LogP contribution in [0.25, 0.3) is 0 Å². The molecule has 0 fully saturated rings. The number of nitrogens with zero attached hydrogens (tertiary/aromatic N) is 5. The number of rotatable bonds is 9. The Labute approximate surface area is 212 Å². The van der Waals surface area contributed by atoms with Gasteiger partial charge >= 0.3 is 0 Å². The van der Waals surface area contributed by atoms with Crippen LogP contribution >= 0.6 is 11.8 Å². The molecular formula is C27H42N6S. The lowest BCUT2D eigenvalue weighted by molar-refractivity contribution is 0.274. The number of hydrazone groups is 1. The van der Waals surface area contributed by atoms with Crippen LogP contribution in [0.5, 0.6) is 0 Å². The van der Waals surface area contributed by atoms with Crippen LogP contribution in [0.3, 0.4) is 0 Å². The molecule has 1 N–H and O–H groups in total. The second-order valence-corrected chi connectivity index (χ2v) is 7.65. The van der Waals surface area contributed by atoms with Crippen LogP contribution in [0, 0.1) is 16.7 Å². The molecule has 0 spiro atoms. The smallest absolute Gasteiger partial charge is 0.153 e. The number of nitrogens with one attached hydrogen (secondary N) is 1. The van der Waals surface area contributed by atoms with Gasteiger partial charge in [-0.1, -0.05) is 69.9 Å². The second kappa shape index (κ2) is 20.5. The fraction of sp³-hybridized carbons (Fsp3) is 0.407. The molecule has 0 bridgehead atoms. The van der Waals surface area contributed by atoms with Crippen LogP contribution in [-0.4, -0.2) is 46.7 Å². The SMILES string of the molecule is C=C(/C=C\C=C(C)C)CN(C/C=C/C)C1=C(C#N)C(SC)=NC(=C)N1/N=C\C.CC.CCC=N. The van der Waals surface area contributed by atoms with Gasteiger partial charge in [0.2, 0.25) is 0 Å². The maximum atomic E-state index is 9.85. The van der Waals surface area contributed by atoms with E-state index in [0.717, 1.165) is 12.0 Å². The molecule has 0 unspecified atom stereocenters. The van der Waals surface area contributed by atoms with E-state index < -0.39 is 0 Å². The van der Waals surface area contributed by atoms with Crippen molar-refractivity contribution in [2.24, 2.45) is 10.1 Å². The van der Waals surface area contributed by atoms with Gasteiger partial charge in [0.25, 0.3) is 0 Å². The number of hydrogen-bond donors (Lipinski definition) is 1. The summed E-state index contributed by atoms with van der Waals surface area (Å²) in [5.41, 5.74) is 2.62. The number of nitriles is 1. The van der Waals surface area contributed by atoms with E-state index in [2.05, 4.69) is 34.2 Å². The minimum atomic E-state index is 0.479. The molecule has 0 atom stereocenters. The summed E-state index contributed by atoms with van der Waals surface area (Å²) in [7, 11) is 0. The summed E-state index contributed by atoms with van der Waals surface area (Å²) in [6.07, 6.45) is 15.8. The number of thioether (sulfide) groups is 1. The van der Waals surface area contributed by atoms with E-state index >= 15 is 0 Å². The van der Waals surface area contributed by atoms with Crippen molar-refractivity contribution in [3.05, 3.63) is 71.9 Å². The van der Waals surface area contributed by atoms with Crippen molar-refractivity contribution in [3.63, 3.8) is 0 Å². The maximum Gasteiger partial charge on any atom is 0.153 e. The minimum absolute atomic E-state index is 0.479. The van der Waals surface area contributed by atoms with E-state index in [1.54, 1.807) is 11.2 Å². The normalized spacial score (nSPS) is 13.1. The van der Waals surface area contributed by atoms with Gasteiger partial charge in [-0.25, -0.2) is 4.99 Å². The van der Waals surface area contributed by atoms with Crippen molar-refractivity contribution >= 4 is 29.2 Å². The summed E-state index contributed by atoms with van der Waals surface area (Å²) in [6.45, 7) is 23.2. The monoisotopic (exact) mass is 482 g/mol. The molecule has 1 heterocycles. The highest BCUT2D eigenvalue weighted by Gasteiger charge is 2.29. The van der Waals surface area contributed by atoms with E-state index in [0.29, 0.717) is 35.3 Å². The predicted molar refractivity (Wildman–Crippen MR) is 153 cm³/mol. The van der Waals surface area contributed by atoms with Gasteiger partial charge in [0, 0.05) is 19.3 Å². The highest BCUT2D eigenvalue weighted by molar-refractivity contribution is 8.13. The zero-order chi connectivity index (χ0) is 26.5. The molecule has 1 aliphatic rings. The quantitative estimate of drug-likeness (QED) is 0.212. The van der Waals surface area contributed by atoms with Crippen LogP contribution < -0.4 is 0 Å². The van der Waals surface area contributed by atoms with Gasteiger partial charge in [-0.3, -0.25) is 0 Å². The second-order valence-electron chi connectivity index (χ2n) is 6.86. The Balaban J connectivity index is 0. The third kappa shape index (κ3) is 12.2. The molecule has 0 aromatic carbocycles. The van der Waals surface area contributed by atoms with Crippen molar-refractivity contribution < 1.29 is 0 Å². The third-order valence-corrected chi connectivity index (χ3v) is 4.55. The molecule has 0 aliphatic carbocycles. The highest BCUT2D eigenvalue weighted by Crippen LogP contribution is 2.30. The summed E-state index contributed by atoms with van der Waals surface area (Å²) in [5.74, 6) is 1.15. The van der Waals surface area contributed by atoms with Gasteiger partial charge in [0.05, 0.1) is 0 Å². The Morgan fingerprint density at radius 1 is 1.32 bits per heavy atom. The van der Waals surface area contributed by atoms with Gasteiger partial charge < -0.3 is 10.3 Å². The van der Waals surface area contributed by atoms with Gasteiger partial charge in [-0.05, 0) is 52.2 Å². The minimum Gasteiger partial charge on any atom is -0.347 e. The van der Waals surface area contributed by atoms with Crippen LogP contribution in [0.1, 0.15) is 54.9 Å². The lowest BCUT2D eigenvalue weighted by Gasteiger charge is -2.35. The summed E-state index contributed by atoms with van der Waals surface area (Å²) in [6, 6.07) is 2.30. The summed E-state index contributed by atoms with van der Waals surface area (Å²) in [5, 5.41) is 22.8. The first-order valence-corrected chi connectivity index (χ1v) is 12.6. The van der Waals surface area contributed by atoms with E-state index in [9.17, 15) is 5.26 Å². The van der Waals surface area contributed by atoms with Crippen molar-refractivity contribution in [2.75, 3.05) is 19.3 Å². The number of aliphatic imine (C=N–C) groups is 1. The van der Waals surface area contributed by atoms with Crippen molar-refractivity contribution in [1.82, 2.24) is 9.91 Å². The van der Waals surface area contributed by atoms with E-state index in [1.165, 1.54) is 23.5 Å². The number of hydrogen-bond acceptors (Lipinski definition) is 7. The predicted octanol–water partition coefficient (Wildman–Crippen LogP) is 7.30. The molecule has 7 heteroatoms. The van der Waals surface area contributed by atoms with Crippen LogP contribution in [0.2, 0.25) is 0 Å². The maximum absolute atomic E-state index is 9.85. The van der Waals surface area contributed by atoms with E-state index in [-0.39, 0.29) is 0 Å². The van der Waals surface area contributed by atoms with Gasteiger partial charge in [0.15, 0.2) is 5.82 Å². The first-order valence-electron chi connectivity index (χ1n) is 11.4. The Bertz CT molecular complexity index is 877. The molecule has 0 aromatic rings. The average molecular weight is 483 g/mol. The molecule has 0 aromatic heterocycles. The highest BCUT2D eigenvalue weighted by atomic mass is 32.2. The van der Waals surface area contributed by atoms with Crippen molar-refractivity contribution in [3.8, 4) is 6.07 Å². The molecule has 1 aliphatic heterocycles. The summed E-state index contributed by atoms with van der Waals surface area (Å²) < 4.78 is 0. The lowest BCUT2D eigenvalue weighted by Crippen LogP contribution is -2.37. The third-order valence-electron chi connectivity index (χ3n) is 3.87. The zero-order valence-corrected chi connectivity index (χ0v) is 23.0. The molecular weight excluding hydrogens is 440 g/mol. The largest absolute Gasteiger partial charge is 0.347 e. The molecule has 186 valence electrons. The van der Waals surface area contributed by atoms with Crippen LogP contribution in [-0.2, 0) is 0 Å². The Kier molecular flexibility index (Phi) is 19.9. The lowest BCUT2D eigenvalue weighted by atomic mass is 10.2. The van der Waals surface area contributed by atoms with Crippen LogP contribution in [0.4, 0.5) is 0 Å².